The lowest BCUT2D eigenvalue weighted by atomic mass is 10.1. The molecule has 2 aromatic heterocycles. The van der Waals surface area contributed by atoms with Gasteiger partial charge in [-0.3, -0.25) is 9.59 Å². The molecule has 10 nitrogen and oxygen atoms in total. The highest BCUT2D eigenvalue weighted by atomic mass is 19.1. The summed E-state index contributed by atoms with van der Waals surface area (Å²) in [5, 5.41) is 10.7. The van der Waals surface area contributed by atoms with Gasteiger partial charge in [-0.15, -0.1) is 5.10 Å². The monoisotopic (exact) mass is 610 g/mol. The fourth-order valence-electron chi connectivity index (χ4n) is 4.77. The first-order valence-electron chi connectivity index (χ1n) is 14.7. The molecule has 5 aromatic rings. The summed E-state index contributed by atoms with van der Waals surface area (Å²) >= 11 is 0. The summed E-state index contributed by atoms with van der Waals surface area (Å²) in [6, 6.07) is 22.4. The second-order valence-electron chi connectivity index (χ2n) is 10.2. The van der Waals surface area contributed by atoms with Crippen LogP contribution in [0.1, 0.15) is 29.8 Å². The molecule has 0 atom stereocenters. The molecular weight excluding hydrogens is 575 g/mol. The summed E-state index contributed by atoms with van der Waals surface area (Å²) in [7, 11) is 1.60. The van der Waals surface area contributed by atoms with E-state index in [1.807, 2.05) is 56.4 Å². The third-order valence-electron chi connectivity index (χ3n) is 7.18. The van der Waals surface area contributed by atoms with Crippen LogP contribution in [0.2, 0.25) is 0 Å². The van der Waals surface area contributed by atoms with Gasteiger partial charge in [-0.1, -0.05) is 24.3 Å². The number of nitrogens with zero attached hydrogens (tertiary/aromatic N) is 4. The highest BCUT2D eigenvalue weighted by Gasteiger charge is 2.17. The van der Waals surface area contributed by atoms with Gasteiger partial charge in [-0.05, 0) is 79.6 Å². The Hall–Kier alpha value is -5.29. The van der Waals surface area contributed by atoms with E-state index >= 15 is 0 Å². The molecule has 0 bridgehead atoms. The number of methoxy groups -OCH3 is 1. The van der Waals surface area contributed by atoms with Gasteiger partial charge in [-0.25, -0.2) is 8.91 Å². The zero-order valence-corrected chi connectivity index (χ0v) is 25.4. The molecule has 2 heterocycles. The van der Waals surface area contributed by atoms with Gasteiger partial charge in [0.05, 0.1) is 18.7 Å². The van der Waals surface area contributed by atoms with Crippen molar-refractivity contribution in [2.24, 2.45) is 0 Å². The van der Waals surface area contributed by atoms with E-state index in [9.17, 15) is 14.0 Å². The third kappa shape index (κ3) is 7.81. The number of benzene rings is 3. The number of pyridine rings is 1. The Balaban J connectivity index is 1.29. The van der Waals surface area contributed by atoms with Crippen molar-refractivity contribution >= 4 is 34.8 Å². The molecule has 0 unspecified atom stereocenters. The molecule has 2 N–H and O–H groups in total. The number of hydrogen-bond donors (Lipinski definition) is 2. The zero-order valence-electron chi connectivity index (χ0n) is 25.4. The van der Waals surface area contributed by atoms with Gasteiger partial charge >= 0.3 is 0 Å². The Morgan fingerprint density at radius 3 is 2.36 bits per heavy atom. The number of halogens is 1. The Morgan fingerprint density at radius 1 is 0.911 bits per heavy atom. The van der Waals surface area contributed by atoms with E-state index in [1.165, 1.54) is 12.1 Å². The first-order valence-corrected chi connectivity index (χ1v) is 14.7. The van der Waals surface area contributed by atoms with Gasteiger partial charge < -0.3 is 25.0 Å². The summed E-state index contributed by atoms with van der Waals surface area (Å²) < 4.78 is 25.9. The Labute approximate surface area is 260 Å². The highest BCUT2D eigenvalue weighted by molar-refractivity contribution is 5.95. The van der Waals surface area contributed by atoms with Crippen molar-refractivity contribution in [3.8, 4) is 16.9 Å². The smallest absolute Gasteiger partial charge is 0.253 e. The summed E-state index contributed by atoms with van der Waals surface area (Å²) in [4.78, 5) is 31.7. The van der Waals surface area contributed by atoms with Crippen molar-refractivity contribution in [3.05, 3.63) is 102 Å². The van der Waals surface area contributed by atoms with E-state index in [0.29, 0.717) is 60.6 Å². The average molecular weight is 611 g/mol. The molecule has 0 fully saturated rings. The summed E-state index contributed by atoms with van der Waals surface area (Å²) in [6.07, 6.45) is 2.03. The van der Waals surface area contributed by atoms with E-state index in [2.05, 4.69) is 20.7 Å². The molecular formula is C34H35FN6O4. The largest absolute Gasteiger partial charge is 0.489 e. The van der Waals surface area contributed by atoms with Crippen LogP contribution in [0.3, 0.4) is 0 Å². The lowest BCUT2D eigenvalue weighted by Gasteiger charge is -2.20. The van der Waals surface area contributed by atoms with Gasteiger partial charge in [0.2, 0.25) is 11.9 Å². The van der Waals surface area contributed by atoms with Crippen LogP contribution in [0, 0.1) is 5.82 Å². The first kappa shape index (κ1) is 31.1. The number of nitrogens with one attached hydrogen (secondary N) is 2. The molecule has 3 aromatic carbocycles. The van der Waals surface area contributed by atoms with Crippen LogP contribution in [0.5, 0.6) is 5.75 Å². The lowest BCUT2D eigenvalue weighted by molar-refractivity contribution is -0.115. The molecule has 0 saturated carbocycles. The second kappa shape index (κ2) is 14.5. The number of ether oxygens (including phenoxy) is 2. The van der Waals surface area contributed by atoms with Crippen LogP contribution in [-0.4, -0.2) is 64.7 Å². The fourth-order valence-corrected chi connectivity index (χ4v) is 4.77. The third-order valence-corrected chi connectivity index (χ3v) is 7.18. The van der Waals surface area contributed by atoms with Crippen molar-refractivity contribution in [3.63, 3.8) is 0 Å². The number of amides is 2. The van der Waals surface area contributed by atoms with E-state index in [0.717, 1.165) is 16.7 Å². The van der Waals surface area contributed by atoms with Crippen LogP contribution < -0.4 is 15.4 Å². The molecule has 232 valence electrons. The fraction of sp³-hybridized carbons (Fsp3) is 0.235. The van der Waals surface area contributed by atoms with Crippen LogP contribution >= 0.6 is 0 Å². The highest BCUT2D eigenvalue weighted by Crippen LogP contribution is 2.29. The molecule has 0 saturated heterocycles. The Morgan fingerprint density at radius 2 is 1.64 bits per heavy atom. The number of hydrogen-bond acceptors (Lipinski definition) is 7. The van der Waals surface area contributed by atoms with Crippen molar-refractivity contribution in [1.82, 2.24) is 19.5 Å². The van der Waals surface area contributed by atoms with E-state index in [1.54, 1.807) is 46.9 Å². The maximum Gasteiger partial charge on any atom is 0.253 e. The molecule has 0 aliphatic heterocycles. The number of carbonyl (C=O) groups excluding carboxylic acids is 2. The Kier molecular flexibility index (Phi) is 10.0. The van der Waals surface area contributed by atoms with Gasteiger partial charge in [0.25, 0.3) is 5.91 Å². The zero-order chi connectivity index (χ0) is 31.8. The maximum atomic E-state index is 13.1. The van der Waals surface area contributed by atoms with Gasteiger partial charge in [-0.2, -0.15) is 4.98 Å². The summed E-state index contributed by atoms with van der Waals surface area (Å²) in [5.41, 5.74) is 5.02. The van der Waals surface area contributed by atoms with Crippen LogP contribution in [-0.2, 0) is 16.0 Å². The second-order valence-corrected chi connectivity index (χ2v) is 10.2. The Bertz CT molecular complexity index is 1770. The number of carbonyl (C=O) groups is 2. The molecule has 5 rings (SSSR count). The van der Waals surface area contributed by atoms with Gasteiger partial charge in [0.1, 0.15) is 18.2 Å². The standard InChI is InChI=1S/C34H35FN6O4/c1-4-40(5-2)33(43)25-10-16-29(30(21-25)45-19-18-44-3)37-34-38-31-17-11-26(22-41(31)39-34)24-8-14-28(15-9-24)36-32(42)20-23-6-12-27(35)13-7-23/h6-17,21-22H,4-5,18-20H2,1-3H3,(H,36,42)(H,37,39). The van der Waals surface area contributed by atoms with Crippen LogP contribution in [0.4, 0.5) is 21.7 Å². The SMILES string of the molecule is CCN(CC)C(=O)c1ccc(Nc2nc3ccc(-c4ccc(NC(=O)Cc5ccc(F)cc5)cc4)cn3n2)c(OCCOC)c1. The quantitative estimate of drug-likeness (QED) is 0.158. The number of rotatable bonds is 13. The topological polar surface area (TPSA) is 110 Å². The lowest BCUT2D eigenvalue weighted by Crippen LogP contribution is -2.30. The van der Waals surface area contributed by atoms with Crippen molar-refractivity contribution in [1.29, 1.82) is 0 Å². The number of aromatic nitrogens is 3. The van der Waals surface area contributed by atoms with Crippen molar-refractivity contribution in [2.75, 3.05) is 44.0 Å². The van der Waals surface area contributed by atoms with Gasteiger partial charge in [0.15, 0.2) is 5.65 Å². The maximum absolute atomic E-state index is 13.1. The molecule has 45 heavy (non-hydrogen) atoms. The predicted octanol–water partition coefficient (Wildman–Crippen LogP) is 5.97. The van der Waals surface area contributed by atoms with Gasteiger partial charge in [0, 0.05) is 43.2 Å². The van der Waals surface area contributed by atoms with Crippen LogP contribution in [0.25, 0.3) is 16.8 Å². The van der Waals surface area contributed by atoms with Crippen molar-refractivity contribution < 1.29 is 23.5 Å². The minimum absolute atomic E-state index is 0.0677. The number of fused-ring (bicyclic) bond motifs is 1. The minimum atomic E-state index is -0.335. The van der Waals surface area contributed by atoms with E-state index in [-0.39, 0.29) is 24.1 Å². The predicted molar refractivity (Wildman–Crippen MR) is 172 cm³/mol. The molecule has 0 aliphatic carbocycles. The molecule has 0 aliphatic rings. The van der Waals surface area contributed by atoms with E-state index in [4.69, 9.17) is 9.47 Å². The summed E-state index contributed by atoms with van der Waals surface area (Å²) in [5.74, 6) is 0.275. The normalized spacial score (nSPS) is 10.9. The molecule has 0 spiro atoms. The first-order chi connectivity index (χ1) is 21.9. The van der Waals surface area contributed by atoms with Crippen molar-refractivity contribution in [2.45, 2.75) is 20.3 Å². The summed E-state index contributed by atoms with van der Waals surface area (Å²) in [6.45, 7) is 5.83. The molecule has 11 heteroatoms. The minimum Gasteiger partial charge on any atom is -0.489 e. The van der Waals surface area contributed by atoms with E-state index < -0.39 is 0 Å². The van der Waals surface area contributed by atoms with Crippen LogP contribution in [0.15, 0.2) is 85.1 Å². The average Bonchev–Trinajstić information content (AvgIpc) is 3.45. The molecule has 0 radical (unpaired) electrons. The number of anilines is 3. The molecule has 2 amide bonds.